The summed E-state index contributed by atoms with van der Waals surface area (Å²) in [6.07, 6.45) is -3.95. The molecule has 190 valence electrons. The number of carbonyl (C=O) groups is 2. The lowest BCUT2D eigenvalue weighted by molar-refractivity contribution is -0.143. The van der Waals surface area contributed by atoms with E-state index in [0.717, 1.165) is 38.5 Å². The first-order valence-corrected chi connectivity index (χ1v) is 11.5. The van der Waals surface area contributed by atoms with Crippen LogP contribution in [0.3, 0.4) is 0 Å². The van der Waals surface area contributed by atoms with Gasteiger partial charge < -0.3 is 16.0 Å². The van der Waals surface area contributed by atoms with E-state index in [4.69, 9.17) is 0 Å². The summed E-state index contributed by atoms with van der Waals surface area (Å²) in [4.78, 5) is 24.0. The van der Waals surface area contributed by atoms with Crippen molar-refractivity contribution in [3.63, 3.8) is 0 Å². The summed E-state index contributed by atoms with van der Waals surface area (Å²) in [5, 5.41) is 8.75. The fourth-order valence-corrected chi connectivity index (χ4v) is 4.13. The maximum absolute atomic E-state index is 13.0. The Hall–Kier alpha value is -2.30. The highest BCUT2D eigenvalue weighted by Gasteiger charge is 2.37. The fourth-order valence-electron chi connectivity index (χ4n) is 4.13. The molecule has 2 fully saturated rings. The van der Waals surface area contributed by atoms with Crippen LogP contribution < -0.4 is 16.0 Å². The number of alkyl halides is 6. The minimum atomic E-state index is -5.00. The molecule has 0 aromatic heterocycles. The van der Waals surface area contributed by atoms with E-state index in [1.54, 1.807) is 0 Å². The number of hydrogen-bond acceptors (Lipinski definition) is 3. The van der Waals surface area contributed by atoms with Gasteiger partial charge in [0.05, 0.1) is 11.1 Å². The summed E-state index contributed by atoms with van der Waals surface area (Å²) in [6.45, 7) is 1.39. The molecule has 2 amide bonds. The Labute approximate surface area is 194 Å². The van der Waals surface area contributed by atoms with E-state index < -0.39 is 35.0 Å². The van der Waals surface area contributed by atoms with Crippen molar-refractivity contribution in [2.75, 3.05) is 19.6 Å². The summed E-state index contributed by atoms with van der Waals surface area (Å²) in [7, 11) is 0. The van der Waals surface area contributed by atoms with E-state index in [0.29, 0.717) is 37.6 Å². The second kappa shape index (κ2) is 11.0. The molecule has 0 saturated heterocycles. The molecule has 2 saturated carbocycles. The van der Waals surface area contributed by atoms with Gasteiger partial charge in [0.2, 0.25) is 5.91 Å². The molecular formula is C23H29F6N3O2. The molecule has 0 unspecified atom stereocenters. The van der Waals surface area contributed by atoms with E-state index in [9.17, 15) is 35.9 Å². The topological polar surface area (TPSA) is 70.2 Å². The highest BCUT2D eigenvalue weighted by molar-refractivity contribution is 5.94. The Morgan fingerprint density at radius 1 is 0.765 bits per heavy atom. The molecule has 0 radical (unpaired) electrons. The van der Waals surface area contributed by atoms with Crippen LogP contribution >= 0.6 is 0 Å². The van der Waals surface area contributed by atoms with Crippen LogP contribution in [0.2, 0.25) is 0 Å². The van der Waals surface area contributed by atoms with Crippen LogP contribution in [0, 0.1) is 11.8 Å². The molecule has 0 spiro atoms. The van der Waals surface area contributed by atoms with Crippen LogP contribution in [0.15, 0.2) is 18.2 Å². The van der Waals surface area contributed by atoms with E-state index >= 15 is 0 Å². The van der Waals surface area contributed by atoms with Gasteiger partial charge in [-0.2, -0.15) is 26.3 Å². The van der Waals surface area contributed by atoms with Crippen molar-refractivity contribution in [1.29, 1.82) is 0 Å². The lowest BCUT2D eigenvalue weighted by Crippen LogP contribution is -2.40. The lowest BCUT2D eigenvalue weighted by Gasteiger charge is -2.29. The van der Waals surface area contributed by atoms with Gasteiger partial charge in [0.15, 0.2) is 0 Å². The van der Waals surface area contributed by atoms with Gasteiger partial charge in [0.1, 0.15) is 0 Å². The number of nitrogens with one attached hydrogen (secondary N) is 3. The Morgan fingerprint density at radius 3 is 1.85 bits per heavy atom. The first-order chi connectivity index (χ1) is 15.9. The molecule has 3 rings (SSSR count). The number of carbonyl (C=O) groups excluding carboxylic acids is 2. The van der Waals surface area contributed by atoms with E-state index in [-0.39, 0.29) is 30.5 Å². The number of hydrogen-bond donors (Lipinski definition) is 3. The molecule has 2 aliphatic carbocycles. The summed E-state index contributed by atoms with van der Waals surface area (Å²) >= 11 is 0. The van der Waals surface area contributed by atoms with Crippen LogP contribution in [0.1, 0.15) is 66.4 Å². The second-order valence-corrected chi connectivity index (χ2v) is 9.17. The van der Waals surface area contributed by atoms with Gasteiger partial charge in [-0.3, -0.25) is 9.59 Å². The third-order valence-corrected chi connectivity index (χ3v) is 6.30. The quantitative estimate of drug-likeness (QED) is 0.350. The van der Waals surface area contributed by atoms with Gasteiger partial charge in [-0.15, -0.1) is 0 Å². The van der Waals surface area contributed by atoms with Crippen LogP contribution in [-0.4, -0.2) is 37.5 Å². The standard InChI is InChI=1S/C23H29F6N3O2/c24-22(25,26)17-10-16(11-18(12-17)23(27,28)29)21(34)32-13-15-3-5-19(6-4-15)30-7-8-31-20(33)9-14-1-2-14/h10-12,14-15,19,30H,1-9,13H2,(H,31,33)(H,32,34)/t15-,19-. The summed E-state index contributed by atoms with van der Waals surface area (Å²) in [5.74, 6) is -0.247. The number of amides is 2. The third kappa shape index (κ3) is 8.18. The van der Waals surface area contributed by atoms with Crippen molar-refractivity contribution in [2.24, 2.45) is 11.8 Å². The highest BCUT2D eigenvalue weighted by Crippen LogP contribution is 2.36. The molecule has 1 aromatic rings. The molecular weight excluding hydrogens is 464 g/mol. The molecule has 1 aromatic carbocycles. The molecule has 34 heavy (non-hydrogen) atoms. The minimum absolute atomic E-state index is 0.00357. The largest absolute Gasteiger partial charge is 0.416 e. The maximum atomic E-state index is 13.0. The highest BCUT2D eigenvalue weighted by atomic mass is 19.4. The monoisotopic (exact) mass is 493 g/mol. The predicted molar refractivity (Wildman–Crippen MR) is 113 cm³/mol. The number of rotatable bonds is 9. The van der Waals surface area contributed by atoms with E-state index in [1.165, 1.54) is 0 Å². The van der Waals surface area contributed by atoms with Gasteiger partial charge in [0, 0.05) is 37.7 Å². The summed E-state index contributed by atoms with van der Waals surface area (Å²) in [5.41, 5.74) is -3.69. The fraction of sp³-hybridized carbons (Fsp3) is 0.652. The predicted octanol–water partition coefficient (Wildman–Crippen LogP) is 4.52. The first-order valence-electron chi connectivity index (χ1n) is 11.5. The second-order valence-electron chi connectivity index (χ2n) is 9.17. The zero-order valence-corrected chi connectivity index (χ0v) is 18.6. The van der Waals surface area contributed by atoms with E-state index in [2.05, 4.69) is 16.0 Å². The van der Waals surface area contributed by atoms with Crippen molar-refractivity contribution in [3.05, 3.63) is 34.9 Å². The zero-order valence-electron chi connectivity index (χ0n) is 18.6. The summed E-state index contributed by atoms with van der Waals surface area (Å²) in [6, 6.07) is 1.15. The summed E-state index contributed by atoms with van der Waals surface area (Å²) < 4.78 is 77.9. The van der Waals surface area contributed by atoms with Crippen molar-refractivity contribution in [3.8, 4) is 0 Å². The van der Waals surface area contributed by atoms with Gasteiger partial charge in [-0.25, -0.2) is 0 Å². The molecule has 0 atom stereocenters. The van der Waals surface area contributed by atoms with E-state index in [1.807, 2.05) is 0 Å². The van der Waals surface area contributed by atoms with Gasteiger partial charge in [-0.05, 0) is 68.6 Å². The van der Waals surface area contributed by atoms with Crippen LogP contribution in [-0.2, 0) is 17.1 Å². The normalized spacial score (nSPS) is 21.2. The average molecular weight is 493 g/mol. The maximum Gasteiger partial charge on any atom is 0.416 e. The molecule has 2 aliphatic rings. The van der Waals surface area contributed by atoms with Crippen LogP contribution in [0.4, 0.5) is 26.3 Å². The lowest BCUT2D eigenvalue weighted by atomic mass is 9.86. The molecule has 0 bridgehead atoms. The molecule has 0 heterocycles. The Balaban J connectivity index is 1.41. The Bertz CT molecular complexity index is 827. The third-order valence-electron chi connectivity index (χ3n) is 6.30. The van der Waals surface area contributed by atoms with Crippen LogP contribution in [0.25, 0.3) is 0 Å². The first kappa shape index (κ1) is 26.3. The van der Waals surface area contributed by atoms with Crippen molar-refractivity contribution in [1.82, 2.24) is 16.0 Å². The number of halogens is 6. The molecule has 5 nitrogen and oxygen atoms in total. The smallest absolute Gasteiger partial charge is 0.355 e. The van der Waals surface area contributed by atoms with Crippen molar-refractivity contribution < 1.29 is 35.9 Å². The minimum Gasteiger partial charge on any atom is -0.355 e. The molecule has 11 heteroatoms. The number of benzene rings is 1. The van der Waals surface area contributed by atoms with Crippen LogP contribution in [0.5, 0.6) is 0 Å². The average Bonchev–Trinajstić information content (AvgIpc) is 3.58. The SMILES string of the molecule is O=C(CC1CC1)NCCN[C@H]1CC[C@H](CNC(=O)c2cc(C(F)(F)F)cc(C(F)(F)F)c2)CC1. The molecule has 3 N–H and O–H groups in total. The van der Waals surface area contributed by atoms with Crippen molar-refractivity contribution >= 4 is 11.8 Å². The van der Waals surface area contributed by atoms with Gasteiger partial charge >= 0.3 is 12.4 Å². The Kier molecular flexibility index (Phi) is 8.48. The van der Waals surface area contributed by atoms with Gasteiger partial charge in [-0.1, -0.05) is 0 Å². The Morgan fingerprint density at radius 2 is 1.32 bits per heavy atom. The molecule has 0 aliphatic heterocycles. The van der Waals surface area contributed by atoms with Crippen molar-refractivity contribution in [2.45, 2.75) is 63.3 Å². The zero-order chi connectivity index (χ0) is 24.9. The van der Waals surface area contributed by atoms with Gasteiger partial charge in [0.25, 0.3) is 5.91 Å².